The fourth-order valence-corrected chi connectivity index (χ4v) is 2.89. The molecular weight excluding hydrogens is 228 g/mol. The summed E-state index contributed by atoms with van der Waals surface area (Å²) in [6.45, 7) is 2.04. The van der Waals surface area contributed by atoms with Gasteiger partial charge in [0.05, 0.1) is 13.5 Å². The van der Waals surface area contributed by atoms with Crippen LogP contribution in [0.4, 0.5) is 0 Å². The van der Waals surface area contributed by atoms with Crippen molar-refractivity contribution < 1.29 is 14.3 Å². The van der Waals surface area contributed by atoms with E-state index in [9.17, 15) is 9.59 Å². The van der Waals surface area contributed by atoms with Crippen LogP contribution in [0.15, 0.2) is 24.3 Å². The van der Waals surface area contributed by atoms with Crippen LogP contribution in [0.2, 0.25) is 0 Å². The second kappa shape index (κ2) is 4.92. The fraction of sp³-hybridized carbons (Fsp3) is 0.467. The molecule has 3 heteroatoms. The van der Waals surface area contributed by atoms with Gasteiger partial charge in [-0.3, -0.25) is 9.59 Å². The molecule has 2 rings (SSSR count). The lowest BCUT2D eigenvalue weighted by molar-refractivity contribution is -0.142. The lowest BCUT2D eigenvalue weighted by Crippen LogP contribution is -2.31. The number of carbonyl (C=O) groups is 2. The average molecular weight is 246 g/mol. The molecule has 1 aromatic carbocycles. The van der Waals surface area contributed by atoms with Crippen LogP contribution in [0.3, 0.4) is 0 Å². The monoisotopic (exact) mass is 246 g/mol. The summed E-state index contributed by atoms with van der Waals surface area (Å²) in [7, 11) is 1.37. The van der Waals surface area contributed by atoms with Crippen molar-refractivity contribution in [1.29, 1.82) is 0 Å². The molecule has 0 radical (unpaired) electrons. The molecule has 0 saturated carbocycles. The van der Waals surface area contributed by atoms with Crippen molar-refractivity contribution in [1.82, 2.24) is 0 Å². The Bertz CT molecular complexity index is 478. The first-order valence-electron chi connectivity index (χ1n) is 6.32. The number of hydrogen-bond donors (Lipinski definition) is 0. The van der Waals surface area contributed by atoms with E-state index in [4.69, 9.17) is 4.74 Å². The van der Waals surface area contributed by atoms with Gasteiger partial charge < -0.3 is 4.74 Å². The molecule has 0 N–H and O–H groups in total. The fourth-order valence-electron chi connectivity index (χ4n) is 2.89. The number of Topliss-reactive ketones (excluding diaryl/α,β-unsaturated/α-hetero) is 1. The zero-order valence-corrected chi connectivity index (χ0v) is 10.9. The van der Waals surface area contributed by atoms with Crippen LogP contribution in [0, 0.1) is 5.41 Å². The second-order valence-corrected chi connectivity index (χ2v) is 4.95. The van der Waals surface area contributed by atoms with Gasteiger partial charge in [0.1, 0.15) is 0 Å². The number of methoxy groups -OCH3 is 1. The van der Waals surface area contributed by atoms with E-state index >= 15 is 0 Å². The molecule has 1 unspecified atom stereocenters. The van der Waals surface area contributed by atoms with Crippen molar-refractivity contribution in [2.24, 2.45) is 5.41 Å². The molecule has 0 bridgehead atoms. The molecule has 0 aromatic heterocycles. The van der Waals surface area contributed by atoms with Crippen molar-refractivity contribution in [2.75, 3.05) is 7.11 Å². The minimum absolute atomic E-state index is 0.102. The SMILES string of the molecule is CCCC1(CC(=O)OC)Cc2ccccc2C1=O. The van der Waals surface area contributed by atoms with Gasteiger partial charge >= 0.3 is 5.97 Å². The summed E-state index contributed by atoms with van der Waals surface area (Å²) in [6, 6.07) is 7.64. The summed E-state index contributed by atoms with van der Waals surface area (Å²) in [5.41, 5.74) is 1.25. The third-order valence-electron chi connectivity index (χ3n) is 3.71. The lowest BCUT2D eigenvalue weighted by Gasteiger charge is -2.25. The van der Waals surface area contributed by atoms with Crippen LogP contribution in [0.1, 0.15) is 42.1 Å². The maximum Gasteiger partial charge on any atom is 0.306 e. The number of rotatable bonds is 4. The van der Waals surface area contributed by atoms with Crippen LogP contribution in [-0.2, 0) is 16.0 Å². The number of ether oxygens (including phenoxy) is 1. The summed E-state index contributed by atoms with van der Waals surface area (Å²) >= 11 is 0. The third kappa shape index (κ3) is 2.05. The maximum absolute atomic E-state index is 12.6. The van der Waals surface area contributed by atoms with Crippen LogP contribution in [0.25, 0.3) is 0 Å². The Morgan fingerprint density at radius 3 is 2.72 bits per heavy atom. The Labute approximate surface area is 107 Å². The maximum atomic E-state index is 12.6. The van der Waals surface area contributed by atoms with E-state index in [1.165, 1.54) is 7.11 Å². The zero-order valence-electron chi connectivity index (χ0n) is 10.9. The third-order valence-corrected chi connectivity index (χ3v) is 3.71. The predicted molar refractivity (Wildman–Crippen MR) is 68.5 cm³/mol. The molecule has 1 atom stereocenters. The standard InChI is InChI=1S/C15H18O3/c1-3-8-15(10-13(16)18-2)9-11-6-4-5-7-12(11)14(15)17/h4-7H,3,8-10H2,1-2H3. The van der Waals surface area contributed by atoms with Crippen molar-refractivity contribution in [3.05, 3.63) is 35.4 Å². The highest BCUT2D eigenvalue weighted by molar-refractivity contribution is 6.06. The van der Waals surface area contributed by atoms with E-state index in [0.29, 0.717) is 6.42 Å². The highest BCUT2D eigenvalue weighted by Gasteiger charge is 2.46. The lowest BCUT2D eigenvalue weighted by atomic mass is 9.76. The summed E-state index contributed by atoms with van der Waals surface area (Å²) in [5.74, 6) is -0.199. The van der Waals surface area contributed by atoms with Crippen LogP contribution < -0.4 is 0 Å². The molecule has 0 spiro atoms. The van der Waals surface area contributed by atoms with E-state index in [0.717, 1.165) is 24.0 Å². The van der Waals surface area contributed by atoms with Crippen molar-refractivity contribution in [2.45, 2.75) is 32.6 Å². The van der Waals surface area contributed by atoms with Gasteiger partial charge in [0, 0.05) is 11.0 Å². The first-order valence-corrected chi connectivity index (χ1v) is 6.32. The number of benzene rings is 1. The van der Waals surface area contributed by atoms with Gasteiger partial charge in [-0.2, -0.15) is 0 Å². The molecule has 1 aromatic rings. The van der Waals surface area contributed by atoms with E-state index in [-0.39, 0.29) is 18.2 Å². The van der Waals surface area contributed by atoms with E-state index in [1.807, 2.05) is 31.2 Å². The van der Waals surface area contributed by atoms with Crippen molar-refractivity contribution in [3.8, 4) is 0 Å². The number of esters is 1. The highest BCUT2D eigenvalue weighted by atomic mass is 16.5. The van der Waals surface area contributed by atoms with Crippen LogP contribution >= 0.6 is 0 Å². The van der Waals surface area contributed by atoms with Gasteiger partial charge in [0.2, 0.25) is 0 Å². The Hall–Kier alpha value is -1.64. The Morgan fingerprint density at radius 1 is 1.39 bits per heavy atom. The van der Waals surface area contributed by atoms with Gasteiger partial charge in [0.25, 0.3) is 0 Å². The number of hydrogen-bond acceptors (Lipinski definition) is 3. The molecule has 0 heterocycles. The summed E-state index contributed by atoms with van der Waals surface area (Å²) in [6.07, 6.45) is 2.46. The molecule has 0 fully saturated rings. The number of fused-ring (bicyclic) bond motifs is 1. The van der Waals surface area contributed by atoms with Gasteiger partial charge in [-0.05, 0) is 18.4 Å². The van der Waals surface area contributed by atoms with Gasteiger partial charge in [-0.15, -0.1) is 0 Å². The van der Waals surface area contributed by atoms with Crippen molar-refractivity contribution in [3.63, 3.8) is 0 Å². The smallest absolute Gasteiger partial charge is 0.306 e. The zero-order chi connectivity index (χ0) is 13.2. The minimum atomic E-state index is -0.578. The molecular formula is C15H18O3. The Morgan fingerprint density at radius 2 is 2.11 bits per heavy atom. The number of carbonyl (C=O) groups excluding carboxylic acids is 2. The molecule has 1 aliphatic rings. The molecule has 0 amide bonds. The van der Waals surface area contributed by atoms with E-state index in [1.54, 1.807) is 0 Å². The molecule has 1 aliphatic carbocycles. The summed E-state index contributed by atoms with van der Waals surface area (Å²) < 4.78 is 4.74. The topological polar surface area (TPSA) is 43.4 Å². The average Bonchev–Trinajstić information content (AvgIpc) is 2.64. The largest absolute Gasteiger partial charge is 0.469 e. The first-order chi connectivity index (χ1) is 8.63. The Balaban J connectivity index is 2.34. The quantitative estimate of drug-likeness (QED) is 0.767. The van der Waals surface area contributed by atoms with Gasteiger partial charge in [-0.25, -0.2) is 0 Å². The number of ketones is 1. The summed E-state index contributed by atoms with van der Waals surface area (Å²) in [5, 5.41) is 0. The van der Waals surface area contributed by atoms with Crippen LogP contribution in [-0.4, -0.2) is 18.9 Å². The highest BCUT2D eigenvalue weighted by Crippen LogP contribution is 2.43. The predicted octanol–water partition coefficient (Wildman–Crippen LogP) is 2.78. The van der Waals surface area contributed by atoms with Gasteiger partial charge in [0.15, 0.2) is 5.78 Å². The minimum Gasteiger partial charge on any atom is -0.469 e. The van der Waals surface area contributed by atoms with Gasteiger partial charge in [-0.1, -0.05) is 37.6 Å². The molecule has 96 valence electrons. The van der Waals surface area contributed by atoms with E-state index in [2.05, 4.69) is 0 Å². The Kier molecular flexibility index (Phi) is 3.50. The molecule has 3 nitrogen and oxygen atoms in total. The first kappa shape index (κ1) is 12.8. The normalized spacial score (nSPS) is 21.8. The van der Waals surface area contributed by atoms with Crippen LogP contribution in [0.5, 0.6) is 0 Å². The van der Waals surface area contributed by atoms with E-state index < -0.39 is 5.41 Å². The second-order valence-electron chi connectivity index (χ2n) is 4.95. The molecule has 0 saturated heterocycles. The molecule has 0 aliphatic heterocycles. The summed E-state index contributed by atoms with van der Waals surface area (Å²) in [4.78, 5) is 24.1. The van der Waals surface area contributed by atoms with Crippen molar-refractivity contribution >= 4 is 11.8 Å². The molecule has 18 heavy (non-hydrogen) atoms.